The van der Waals surface area contributed by atoms with Gasteiger partial charge in [-0.25, -0.2) is 8.78 Å². The maximum absolute atomic E-state index is 15.4. The summed E-state index contributed by atoms with van der Waals surface area (Å²) < 4.78 is 30.9. The Kier molecular flexibility index (Phi) is 14.5. The normalized spacial score (nSPS) is 9.44. The Morgan fingerprint density at radius 2 is 0.719 bits per heavy atom. The van der Waals surface area contributed by atoms with E-state index in [1.54, 1.807) is 0 Å². The van der Waals surface area contributed by atoms with Gasteiger partial charge in [-0.15, -0.1) is 0 Å². The molecule has 0 aliphatic heterocycles. The molecule has 0 N–H and O–H groups in total. The van der Waals surface area contributed by atoms with Crippen LogP contribution in [-0.2, 0) is 0 Å². The highest BCUT2D eigenvalue weighted by atomic mass is 19.1. The molecule has 0 aromatic heterocycles. The van der Waals surface area contributed by atoms with E-state index < -0.39 is 11.6 Å². The van der Waals surface area contributed by atoms with Crippen LogP contribution in [0.15, 0.2) is 0 Å². The molecule has 32 heavy (non-hydrogen) atoms. The summed E-state index contributed by atoms with van der Waals surface area (Å²) in [6.45, 7) is 8.31. The Hall–Kier alpha value is -2.68. The van der Waals surface area contributed by atoms with Gasteiger partial charge in [0.15, 0.2) is 11.6 Å². The molecule has 1 aromatic rings. The molecular weight excluding hydrogens is 398 g/mol. The predicted molar refractivity (Wildman–Crippen MR) is 132 cm³/mol. The van der Waals surface area contributed by atoms with Crippen LogP contribution in [0.2, 0.25) is 0 Å². The zero-order valence-corrected chi connectivity index (χ0v) is 20.2. The first-order chi connectivity index (χ1) is 15.6. The van der Waals surface area contributed by atoms with Gasteiger partial charge in [0.25, 0.3) is 0 Å². The van der Waals surface area contributed by atoms with Crippen molar-refractivity contribution in [3.05, 3.63) is 33.9 Å². The third kappa shape index (κ3) is 9.21. The number of benzene rings is 1. The first kappa shape index (κ1) is 27.4. The Labute approximate surface area is 195 Å². The van der Waals surface area contributed by atoms with Gasteiger partial charge in [-0.1, -0.05) is 101 Å². The first-order valence-electron chi connectivity index (χ1n) is 12.1. The van der Waals surface area contributed by atoms with Crippen molar-refractivity contribution in [1.82, 2.24) is 0 Å². The van der Waals surface area contributed by atoms with Crippen molar-refractivity contribution in [2.24, 2.45) is 0 Å². The van der Waals surface area contributed by atoms with E-state index in [-0.39, 0.29) is 22.3 Å². The van der Waals surface area contributed by atoms with Gasteiger partial charge in [-0.2, -0.15) is 0 Å². The predicted octanol–water partition coefficient (Wildman–Crippen LogP) is 8.13. The second-order valence-corrected chi connectivity index (χ2v) is 7.75. The molecule has 0 saturated heterocycles. The van der Waals surface area contributed by atoms with Crippen LogP contribution in [-0.4, -0.2) is 0 Å². The summed E-state index contributed by atoms with van der Waals surface area (Å²) in [5.41, 5.74) is 0.292. The molecule has 0 unspecified atom stereocenters. The molecule has 0 spiro atoms. The fourth-order valence-corrected chi connectivity index (χ4v) is 2.82. The molecule has 0 saturated carbocycles. The van der Waals surface area contributed by atoms with Gasteiger partial charge < -0.3 is 0 Å². The molecular formula is C30H36F2. The Bertz CT molecular complexity index is 916. The van der Waals surface area contributed by atoms with E-state index in [9.17, 15) is 0 Å². The maximum Gasteiger partial charge on any atom is 0.158 e. The van der Waals surface area contributed by atoms with Gasteiger partial charge in [0.2, 0.25) is 0 Å². The van der Waals surface area contributed by atoms with E-state index in [0.717, 1.165) is 51.4 Å². The highest BCUT2D eigenvalue weighted by Gasteiger charge is 2.21. The van der Waals surface area contributed by atoms with E-state index in [1.165, 1.54) is 0 Å². The average Bonchev–Trinajstić information content (AvgIpc) is 2.79. The molecule has 0 bridgehead atoms. The number of rotatable bonds is 8. The van der Waals surface area contributed by atoms with Gasteiger partial charge in [-0.3, -0.25) is 0 Å². The Morgan fingerprint density at radius 1 is 0.438 bits per heavy atom. The molecule has 0 radical (unpaired) electrons. The van der Waals surface area contributed by atoms with E-state index >= 15 is 8.78 Å². The smallest absolute Gasteiger partial charge is 0.158 e. The maximum atomic E-state index is 15.4. The van der Waals surface area contributed by atoms with E-state index in [4.69, 9.17) is 0 Å². The summed E-state index contributed by atoms with van der Waals surface area (Å²) in [7, 11) is 0. The van der Waals surface area contributed by atoms with Crippen LogP contribution >= 0.6 is 0 Å². The number of unbranched alkanes of at least 4 members (excludes halogenated alkanes) is 8. The quantitative estimate of drug-likeness (QED) is 0.286. The fraction of sp³-hybridized carbons (Fsp3) is 0.533. The lowest BCUT2D eigenvalue weighted by Crippen LogP contribution is -2.04. The topological polar surface area (TPSA) is 0 Å². The molecule has 0 atom stereocenters. The summed E-state index contributed by atoms with van der Waals surface area (Å²) in [5.74, 6) is 22.2. The summed E-state index contributed by atoms with van der Waals surface area (Å²) >= 11 is 0. The van der Waals surface area contributed by atoms with Crippen molar-refractivity contribution in [1.29, 1.82) is 0 Å². The molecule has 1 aromatic carbocycles. The lowest BCUT2D eigenvalue weighted by molar-refractivity contribution is 0.572. The standard InChI is InChI=1S/C30H36F2/c1-5-9-13-17-21-25-26(22-18-14-10-6-2)29(31)28(24-20-16-12-8-4)30(32)27(25)23-19-15-11-7-3/h5-16H2,1-4H3. The molecule has 2 heteroatoms. The molecule has 0 nitrogen and oxygen atoms in total. The van der Waals surface area contributed by atoms with Crippen molar-refractivity contribution in [2.45, 2.75) is 105 Å². The van der Waals surface area contributed by atoms with Crippen LogP contribution in [0.5, 0.6) is 0 Å². The SMILES string of the molecule is CCCCC#Cc1c(F)c(C#CCCCC)c(C#CCCCC)c(C#CCCCC)c1F. The highest BCUT2D eigenvalue weighted by molar-refractivity contribution is 5.64. The van der Waals surface area contributed by atoms with Crippen LogP contribution in [0.4, 0.5) is 8.78 Å². The lowest BCUT2D eigenvalue weighted by atomic mass is 9.95. The molecule has 1 rings (SSSR count). The highest BCUT2D eigenvalue weighted by Crippen LogP contribution is 2.25. The van der Waals surface area contributed by atoms with Gasteiger partial charge in [0.1, 0.15) is 0 Å². The van der Waals surface area contributed by atoms with Crippen LogP contribution in [0.1, 0.15) is 127 Å². The second kappa shape index (κ2) is 16.9. The minimum atomic E-state index is -0.714. The summed E-state index contributed by atoms with van der Waals surface area (Å²) in [6.07, 6.45) is 10.3. The molecule has 170 valence electrons. The first-order valence-corrected chi connectivity index (χ1v) is 12.1. The third-order valence-electron chi connectivity index (χ3n) is 4.85. The van der Waals surface area contributed by atoms with Crippen LogP contribution in [0.25, 0.3) is 0 Å². The average molecular weight is 435 g/mol. The molecule has 0 heterocycles. The van der Waals surface area contributed by atoms with Crippen molar-refractivity contribution in [3.63, 3.8) is 0 Å². The van der Waals surface area contributed by atoms with Crippen LogP contribution in [0, 0.1) is 59.0 Å². The number of hydrogen-bond donors (Lipinski definition) is 0. The van der Waals surface area contributed by atoms with E-state index in [0.29, 0.717) is 25.7 Å². The van der Waals surface area contributed by atoms with Gasteiger partial charge >= 0.3 is 0 Å². The van der Waals surface area contributed by atoms with Crippen LogP contribution < -0.4 is 0 Å². The van der Waals surface area contributed by atoms with E-state index in [1.807, 2.05) is 0 Å². The molecule has 0 fully saturated rings. The van der Waals surface area contributed by atoms with Gasteiger partial charge in [-0.05, 0) is 25.7 Å². The summed E-state index contributed by atoms with van der Waals surface area (Å²) in [4.78, 5) is 0. The van der Waals surface area contributed by atoms with E-state index in [2.05, 4.69) is 75.1 Å². The van der Waals surface area contributed by atoms with Crippen molar-refractivity contribution in [3.8, 4) is 47.4 Å². The largest absolute Gasteiger partial charge is 0.204 e. The molecule has 0 aliphatic carbocycles. The fourth-order valence-electron chi connectivity index (χ4n) is 2.82. The molecule has 0 aliphatic rings. The Balaban J connectivity index is 3.71. The zero-order chi connectivity index (χ0) is 23.6. The Morgan fingerprint density at radius 3 is 1.03 bits per heavy atom. The van der Waals surface area contributed by atoms with Crippen LogP contribution in [0.3, 0.4) is 0 Å². The van der Waals surface area contributed by atoms with Gasteiger partial charge in [0.05, 0.1) is 22.3 Å². The minimum Gasteiger partial charge on any atom is -0.204 e. The molecule has 0 amide bonds. The summed E-state index contributed by atoms with van der Waals surface area (Å²) in [5, 5.41) is 0. The van der Waals surface area contributed by atoms with Crippen molar-refractivity contribution < 1.29 is 8.78 Å². The van der Waals surface area contributed by atoms with Crippen molar-refractivity contribution in [2.75, 3.05) is 0 Å². The zero-order valence-electron chi connectivity index (χ0n) is 20.2. The summed E-state index contributed by atoms with van der Waals surface area (Å²) in [6, 6.07) is 0. The lowest BCUT2D eigenvalue weighted by Gasteiger charge is -2.08. The minimum absolute atomic E-state index is 0.131. The number of hydrogen-bond acceptors (Lipinski definition) is 0. The monoisotopic (exact) mass is 434 g/mol. The van der Waals surface area contributed by atoms with Crippen molar-refractivity contribution >= 4 is 0 Å². The third-order valence-corrected chi connectivity index (χ3v) is 4.85. The number of halogens is 2. The van der Waals surface area contributed by atoms with Gasteiger partial charge in [0, 0.05) is 25.7 Å². The second-order valence-electron chi connectivity index (χ2n) is 7.75.